The molecule has 0 saturated heterocycles. The molecule has 9 nitrogen and oxygen atoms in total. The summed E-state index contributed by atoms with van der Waals surface area (Å²) in [6, 6.07) is 18.4. The summed E-state index contributed by atoms with van der Waals surface area (Å²) < 4.78 is 11.8. The van der Waals surface area contributed by atoms with E-state index in [0.717, 1.165) is 4.68 Å². The van der Waals surface area contributed by atoms with E-state index < -0.39 is 17.4 Å². The maximum absolute atomic E-state index is 13.1. The SMILES string of the molecule is CCOc1ccccc1NC(=O)CNC(=O)c1nn(-c2ccc(OC)c(Cl)c2)c(=O)c2ccccc12. The number of amides is 2. The highest BCUT2D eigenvalue weighted by atomic mass is 35.5. The van der Waals surface area contributed by atoms with Crippen LogP contribution >= 0.6 is 11.6 Å². The Morgan fingerprint density at radius 2 is 1.72 bits per heavy atom. The van der Waals surface area contributed by atoms with Crippen LogP contribution in [0.25, 0.3) is 16.5 Å². The number of para-hydroxylation sites is 2. The molecule has 0 aliphatic heterocycles. The van der Waals surface area contributed by atoms with E-state index in [1.54, 1.807) is 60.7 Å². The molecule has 36 heavy (non-hydrogen) atoms. The highest BCUT2D eigenvalue weighted by molar-refractivity contribution is 6.32. The van der Waals surface area contributed by atoms with Crippen LogP contribution in [0.4, 0.5) is 5.69 Å². The van der Waals surface area contributed by atoms with E-state index in [4.69, 9.17) is 21.1 Å². The van der Waals surface area contributed by atoms with Crippen molar-refractivity contribution >= 4 is 39.9 Å². The molecule has 2 amide bonds. The van der Waals surface area contributed by atoms with Gasteiger partial charge < -0.3 is 20.1 Å². The minimum Gasteiger partial charge on any atom is -0.495 e. The maximum Gasteiger partial charge on any atom is 0.279 e. The first-order valence-corrected chi connectivity index (χ1v) is 11.5. The van der Waals surface area contributed by atoms with Gasteiger partial charge in [-0.25, -0.2) is 0 Å². The highest BCUT2D eigenvalue weighted by Gasteiger charge is 2.19. The average Bonchev–Trinajstić information content (AvgIpc) is 2.89. The van der Waals surface area contributed by atoms with Gasteiger partial charge in [-0.1, -0.05) is 41.9 Å². The molecule has 0 unspecified atom stereocenters. The Balaban J connectivity index is 1.61. The van der Waals surface area contributed by atoms with E-state index in [1.807, 2.05) is 6.92 Å². The predicted octanol–water partition coefficient (Wildman–Crippen LogP) is 3.81. The molecule has 0 bridgehead atoms. The molecule has 0 radical (unpaired) electrons. The van der Waals surface area contributed by atoms with Gasteiger partial charge >= 0.3 is 0 Å². The van der Waals surface area contributed by atoms with E-state index in [1.165, 1.54) is 13.2 Å². The lowest BCUT2D eigenvalue weighted by Gasteiger charge is -2.13. The molecule has 0 fully saturated rings. The quantitative estimate of drug-likeness (QED) is 0.376. The topological polar surface area (TPSA) is 112 Å². The maximum atomic E-state index is 13.1. The first-order valence-electron chi connectivity index (χ1n) is 11.1. The summed E-state index contributed by atoms with van der Waals surface area (Å²) in [5.41, 5.74) is 0.413. The standard InChI is InChI=1S/C26H23ClN4O5/c1-3-36-22-11-7-6-10-20(22)29-23(32)15-28-25(33)24-17-8-4-5-9-18(17)26(34)31(30-24)16-12-13-21(35-2)19(27)14-16/h4-14H,3,15H2,1-2H3,(H,28,33)(H,29,32). The smallest absolute Gasteiger partial charge is 0.279 e. The number of carbonyl (C=O) groups is 2. The Morgan fingerprint density at radius 1 is 1.00 bits per heavy atom. The van der Waals surface area contributed by atoms with Crippen molar-refractivity contribution in [3.63, 3.8) is 0 Å². The van der Waals surface area contributed by atoms with E-state index >= 15 is 0 Å². The molecule has 4 rings (SSSR count). The van der Waals surface area contributed by atoms with Crippen LogP contribution < -0.4 is 25.7 Å². The number of hydrogen-bond acceptors (Lipinski definition) is 6. The molecule has 184 valence electrons. The number of benzene rings is 3. The predicted molar refractivity (Wildman–Crippen MR) is 137 cm³/mol. The number of methoxy groups -OCH3 is 1. The lowest BCUT2D eigenvalue weighted by Crippen LogP contribution is -2.35. The van der Waals surface area contributed by atoms with Crippen molar-refractivity contribution in [2.75, 3.05) is 25.6 Å². The number of nitrogens with zero attached hydrogens (tertiary/aromatic N) is 2. The van der Waals surface area contributed by atoms with E-state index in [2.05, 4.69) is 15.7 Å². The summed E-state index contributed by atoms with van der Waals surface area (Å²) in [6.45, 7) is 1.97. The lowest BCUT2D eigenvalue weighted by molar-refractivity contribution is -0.115. The Bertz CT molecular complexity index is 1500. The Morgan fingerprint density at radius 3 is 2.44 bits per heavy atom. The number of halogens is 1. The summed E-state index contributed by atoms with van der Waals surface area (Å²) in [6.07, 6.45) is 0. The fraction of sp³-hybridized carbons (Fsp3) is 0.154. The molecule has 1 heterocycles. The molecule has 4 aromatic rings. The third-order valence-electron chi connectivity index (χ3n) is 5.27. The summed E-state index contributed by atoms with van der Waals surface area (Å²) in [7, 11) is 1.48. The zero-order valence-corrected chi connectivity index (χ0v) is 20.3. The number of aromatic nitrogens is 2. The Hall–Kier alpha value is -4.37. The van der Waals surface area contributed by atoms with E-state index in [-0.39, 0.29) is 17.3 Å². The largest absolute Gasteiger partial charge is 0.495 e. The van der Waals surface area contributed by atoms with E-state index in [0.29, 0.717) is 40.3 Å². The van der Waals surface area contributed by atoms with Crippen LogP contribution in [0.1, 0.15) is 17.4 Å². The second kappa shape index (κ2) is 10.9. The van der Waals surface area contributed by atoms with Crippen LogP contribution in [0, 0.1) is 0 Å². The van der Waals surface area contributed by atoms with Gasteiger partial charge in [-0.3, -0.25) is 14.4 Å². The van der Waals surface area contributed by atoms with Crippen LogP contribution in [0.3, 0.4) is 0 Å². The van der Waals surface area contributed by atoms with Gasteiger partial charge in [0.2, 0.25) is 5.91 Å². The third kappa shape index (κ3) is 5.16. The molecule has 0 spiro atoms. The van der Waals surface area contributed by atoms with E-state index in [9.17, 15) is 14.4 Å². The molecular formula is C26H23ClN4O5. The normalized spacial score (nSPS) is 10.6. The van der Waals surface area contributed by atoms with Gasteiger partial charge in [0.05, 0.1) is 42.0 Å². The number of nitrogens with one attached hydrogen (secondary N) is 2. The van der Waals surface area contributed by atoms with Gasteiger partial charge in [-0.05, 0) is 43.3 Å². The highest BCUT2D eigenvalue weighted by Crippen LogP contribution is 2.26. The fourth-order valence-corrected chi connectivity index (χ4v) is 3.86. The average molecular weight is 507 g/mol. The monoisotopic (exact) mass is 506 g/mol. The molecule has 3 aromatic carbocycles. The van der Waals surface area contributed by atoms with Gasteiger partial charge in [0.15, 0.2) is 5.69 Å². The molecule has 1 aromatic heterocycles. The third-order valence-corrected chi connectivity index (χ3v) is 5.57. The van der Waals surface area contributed by atoms with Crippen molar-refractivity contribution in [3.8, 4) is 17.2 Å². The van der Waals surface area contributed by atoms with Crippen LogP contribution in [0.5, 0.6) is 11.5 Å². The van der Waals surface area contributed by atoms with Crippen molar-refractivity contribution in [1.82, 2.24) is 15.1 Å². The molecule has 2 N–H and O–H groups in total. The molecule has 10 heteroatoms. The Kier molecular flexibility index (Phi) is 7.50. The molecule has 0 saturated carbocycles. The van der Waals surface area contributed by atoms with Gasteiger partial charge in [0.25, 0.3) is 11.5 Å². The minimum atomic E-state index is -0.618. The number of carbonyl (C=O) groups excluding carboxylic acids is 2. The van der Waals surface area contributed by atoms with Crippen molar-refractivity contribution in [2.24, 2.45) is 0 Å². The van der Waals surface area contributed by atoms with Gasteiger partial charge in [0.1, 0.15) is 11.5 Å². The lowest BCUT2D eigenvalue weighted by atomic mass is 10.1. The zero-order chi connectivity index (χ0) is 25.7. The van der Waals surface area contributed by atoms with Crippen LogP contribution in [-0.4, -0.2) is 41.9 Å². The van der Waals surface area contributed by atoms with Gasteiger partial charge in [0, 0.05) is 5.39 Å². The molecular weight excluding hydrogens is 484 g/mol. The zero-order valence-electron chi connectivity index (χ0n) is 19.6. The first-order chi connectivity index (χ1) is 17.4. The number of anilines is 1. The molecule has 0 aliphatic carbocycles. The number of rotatable bonds is 8. The van der Waals surface area contributed by atoms with Crippen LogP contribution in [-0.2, 0) is 4.79 Å². The minimum absolute atomic E-state index is 0.0142. The Labute approximate surface area is 211 Å². The number of fused-ring (bicyclic) bond motifs is 1. The first kappa shape index (κ1) is 24.7. The summed E-state index contributed by atoms with van der Waals surface area (Å²) in [5.74, 6) is -0.107. The fourth-order valence-electron chi connectivity index (χ4n) is 3.61. The van der Waals surface area contributed by atoms with Crippen molar-refractivity contribution in [1.29, 1.82) is 0 Å². The van der Waals surface area contributed by atoms with Crippen molar-refractivity contribution < 1.29 is 19.1 Å². The molecule has 0 atom stereocenters. The number of ether oxygens (including phenoxy) is 2. The van der Waals surface area contributed by atoms with Crippen LogP contribution in [0.15, 0.2) is 71.5 Å². The van der Waals surface area contributed by atoms with Crippen molar-refractivity contribution in [2.45, 2.75) is 6.92 Å². The van der Waals surface area contributed by atoms with Crippen molar-refractivity contribution in [3.05, 3.63) is 87.8 Å². The molecule has 0 aliphatic rings. The second-order valence-corrected chi connectivity index (χ2v) is 8.00. The van der Waals surface area contributed by atoms with Gasteiger partial charge in [-0.2, -0.15) is 9.78 Å². The summed E-state index contributed by atoms with van der Waals surface area (Å²) in [4.78, 5) is 38.8. The van der Waals surface area contributed by atoms with Gasteiger partial charge in [-0.15, -0.1) is 0 Å². The van der Waals surface area contributed by atoms with Crippen LogP contribution in [0.2, 0.25) is 5.02 Å². The summed E-state index contributed by atoms with van der Waals surface area (Å²) >= 11 is 6.23. The summed E-state index contributed by atoms with van der Waals surface area (Å²) in [5, 5.41) is 10.5. The number of hydrogen-bond donors (Lipinski definition) is 2. The second-order valence-electron chi connectivity index (χ2n) is 7.59.